The Kier molecular flexibility index (Phi) is 5.65. The van der Waals surface area contributed by atoms with Crippen LogP contribution in [0.2, 0.25) is 0 Å². The standard InChI is InChI=1S/C22H24N6O/c1-17-5-4-6-18(15-17)16-24-22(29)19-8-9-21(26-25-19)28-13-11-27(12-14-28)20-7-2-3-10-23-20/h2-10,15H,11-14,16H2,1H3,(H,24,29). The molecule has 3 heterocycles. The van der Waals surface area contributed by atoms with Gasteiger partial charge in [-0.2, -0.15) is 0 Å². The highest BCUT2D eigenvalue weighted by molar-refractivity contribution is 5.92. The first-order valence-corrected chi connectivity index (χ1v) is 9.77. The van der Waals surface area contributed by atoms with Gasteiger partial charge in [-0.05, 0) is 36.8 Å². The molecule has 0 spiro atoms. The molecule has 148 valence electrons. The third-order valence-corrected chi connectivity index (χ3v) is 5.00. The van der Waals surface area contributed by atoms with E-state index in [0.29, 0.717) is 12.2 Å². The summed E-state index contributed by atoms with van der Waals surface area (Å²) in [6.45, 7) is 5.92. The van der Waals surface area contributed by atoms with Gasteiger partial charge in [0.25, 0.3) is 5.91 Å². The first kappa shape index (κ1) is 18.9. The van der Waals surface area contributed by atoms with Gasteiger partial charge in [-0.1, -0.05) is 35.9 Å². The van der Waals surface area contributed by atoms with Crippen LogP contribution in [0.4, 0.5) is 11.6 Å². The number of carbonyl (C=O) groups is 1. The van der Waals surface area contributed by atoms with Crippen LogP contribution >= 0.6 is 0 Å². The van der Waals surface area contributed by atoms with Gasteiger partial charge in [0.05, 0.1) is 0 Å². The maximum atomic E-state index is 12.3. The molecule has 1 amide bonds. The molecule has 0 radical (unpaired) electrons. The lowest BCUT2D eigenvalue weighted by molar-refractivity contribution is 0.0945. The molecular formula is C22H24N6O. The third-order valence-electron chi connectivity index (χ3n) is 5.00. The quantitative estimate of drug-likeness (QED) is 0.724. The minimum absolute atomic E-state index is 0.217. The van der Waals surface area contributed by atoms with Crippen LogP contribution < -0.4 is 15.1 Å². The van der Waals surface area contributed by atoms with Gasteiger partial charge in [-0.15, -0.1) is 10.2 Å². The number of anilines is 2. The number of nitrogens with zero attached hydrogens (tertiary/aromatic N) is 5. The van der Waals surface area contributed by atoms with Crippen molar-refractivity contribution < 1.29 is 4.79 Å². The summed E-state index contributed by atoms with van der Waals surface area (Å²) in [7, 11) is 0. The monoisotopic (exact) mass is 388 g/mol. The van der Waals surface area contributed by atoms with Gasteiger partial charge in [0.15, 0.2) is 11.5 Å². The number of benzene rings is 1. The van der Waals surface area contributed by atoms with Crippen molar-refractivity contribution in [2.24, 2.45) is 0 Å². The number of pyridine rings is 1. The number of aryl methyl sites for hydroxylation is 1. The Morgan fingerprint density at radius 2 is 1.72 bits per heavy atom. The molecule has 0 aliphatic carbocycles. The lowest BCUT2D eigenvalue weighted by Gasteiger charge is -2.35. The molecule has 1 saturated heterocycles. The summed E-state index contributed by atoms with van der Waals surface area (Å²) in [6, 6.07) is 17.6. The van der Waals surface area contributed by atoms with E-state index in [1.165, 1.54) is 5.56 Å². The lowest BCUT2D eigenvalue weighted by atomic mass is 10.1. The van der Waals surface area contributed by atoms with E-state index < -0.39 is 0 Å². The highest BCUT2D eigenvalue weighted by Gasteiger charge is 2.19. The van der Waals surface area contributed by atoms with Crippen LogP contribution in [0, 0.1) is 6.92 Å². The van der Waals surface area contributed by atoms with Crippen LogP contribution in [0.25, 0.3) is 0 Å². The van der Waals surface area contributed by atoms with E-state index in [4.69, 9.17) is 0 Å². The summed E-state index contributed by atoms with van der Waals surface area (Å²) >= 11 is 0. The fourth-order valence-electron chi connectivity index (χ4n) is 3.42. The Labute approximate surface area is 170 Å². The summed E-state index contributed by atoms with van der Waals surface area (Å²) in [5, 5.41) is 11.3. The Morgan fingerprint density at radius 3 is 2.38 bits per heavy atom. The van der Waals surface area contributed by atoms with Crippen molar-refractivity contribution in [3.05, 3.63) is 77.6 Å². The van der Waals surface area contributed by atoms with Crippen molar-refractivity contribution >= 4 is 17.5 Å². The topological polar surface area (TPSA) is 74.2 Å². The molecule has 2 aromatic heterocycles. The number of aromatic nitrogens is 3. The molecule has 1 aliphatic heterocycles. The Bertz CT molecular complexity index is 953. The average molecular weight is 388 g/mol. The first-order valence-electron chi connectivity index (χ1n) is 9.77. The van der Waals surface area contributed by atoms with Gasteiger partial charge < -0.3 is 15.1 Å². The summed E-state index contributed by atoms with van der Waals surface area (Å²) in [6.07, 6.45) is 1.82. The highest BCUT2D eigenvalue weighted by Crippen LogP contribution is 2.17. The van der Waals surface area contributed by atoms with E-state index in [1.807, 2.05) is 55.6 Å². The zero-order valence-electron chi connectivity index (χ0n) is 16.5. The number of hydrogen-bond acceptors (Lipinski definition) is 6. The fraction of sp³-hybridized carbons (Fsp3) is 0.273. The molecule has 0 bridgehead atoms. The molecule has 1 aromatic carbocycles. The van der Waals surface area contributed by atoms with Gasteiger partial charge >= 0.3 is 0 Å². The highest BCUT2D eigenvalue weighted by atomic mass is 16.1. The number of nitrogens with one attached hydrogen (secondary N) is 1. The summed E-state index contributed by atoms with van der Waals surface area (Å²) in [5.41, 5.74) is 2.56. The second-order valence-electron chi connectivity index (χ2n) is 7.11. The van der Waals surface area contributed by atoms with Crippen molar-refractivity contribution in [1.82, 2.24) is 20.5 Å². The van der Waals surface area contributed by atoms with Crippen LogP contribution in [-0.2, 0) is 6.54 Å². The normalized spacial score (nSPS) is 14.0. The molecule has 1 N–H and O–H groups in total. The number of amides is 1. The van der Waals surface area contributed by atoms with Crippen molar-refractivity contribution in [2.75, 3.05) is 36.0 Å². The molecule has 29 heavy (non-hydrogen) atoms. The molecule has 0 atom stereocenters. The number of rotatable bonds is 5. The molecule has 0 unspecified atom stereocenters. The number of hydrogen-bond donors (Lipinski definition) is 1. The van der Waals surface area contributed by atoms with E-state index in [9.17, 15) is 4.79 Å². The van der Waals surface area contributed by atoms with E-state index in [-0.39, 0.29) is 5.91 Å². The van der Waals surface area contributed by atoms with Crippen LogP contribution in [0.1, 0.15) is 21.6 Å². The molecule has 7 heteroatoms. The van der Waals surface area contributed by atoms with E-state index >= 15 is 0 Å². The predicted octanol–water partition coefficient (Wildman–Crippen LogP) is 2.44. The molecule has 4 rings (SSSR count). The van der Waals surface area contributed by atoms with Gasteiger partial charge in [-0.3, -0.25) is 4.79 Å². The van der Waals surface area contributed by atoms with Gasteiger partial charge in [0.2, 0.25) is 0 Å². The summed E-state index contributed by atoms with van der Waals surface area (Å²) in [4.78, 5) is 21.2. The molecule has 7 nitrogen and oxygen atoms in total. The Hall–Kier alpha value is -3.48. The molecule has 0 saturated carbocycles. The van der Waals surface area contributed by atoms with Crippen molar-refractivity contribution in [3.63, 3.8) is 0 Å². The maximum Gasteiger partial charge on any atom is 0.272 e. The summed E-state index contributed by atoms with van der Waals surface area (Å²) < 4.78 is 0. The van der Waals surface area contributed by atoms with Crippen LogP contribution in [0.15, 0.2) is 60.8 Å². The van der Waals surface area contributed by atoms with Crippen LogP contribution in [0.3, 0.4) is 0 Å². The van der Waals surface area contributed by atoms with E-state index in [1.54, 1.807) is 6.07 Å². The third kappa shape index (κ3) is 4.68. The smallest absolute Gasteiger partial charge is 0.272 e. The fourth-order valence-corrected chi connectivity index (χ4v) is 3.42. The largest absolute Gasteiger partial charge is 0.353 e. The minimum atomic E-state index is -0.217. The van der Waals surface area contributed by atoms with Gasteiger partial charge in [0, 0.05) is 38.9 Å². The minimum Gasteiger partial charge on any atom is -0.353 e. The molecular weight excluding hydrogens is 364 g/mol. The molecule has 3 aromatic rings. The lowest BCUT2D eigenvalue weighted by Crippen LogP contribution is -2.47. The van der Waals surface area contributed by atoms with E-state index in [0.717, 1.165) is 43.4 Å². The maximum absolute atomic E-state index is 12.3. The van der Waals surface area contributed by atoms with Crippen molar-refractivity contribution in [3.8, 4) is 0 Å². The first-order chi connectivity index (χ1) is 14.2. The number of carbonyl (C=O) groups excluding carboxylic acids is 1. The molecule has 1 fully saturated rings. The van der Waals surface area contributed by atoms with Crippen molar-refractivity contribution in [1.29, 1.82) is 0 Å². The van der Waals surface area contributed by atoms with E-state index in [2.05, 4.69) is 36.4 Å². The number of piperazine rings is 1. The Balaban J connectivity index is 1.31. The average Bonchev–Trinajstić information content (AvgIpc) is 2.78. The second kappa shape index (κ2) is 8.68. The van der Waals surface area contributed by atoms with Gasteiger partial charge in [0.1, 0.15) is 5.82 Å². The SMILES string of the molecule is Cc1cccc(CNC(=O)c2ccc(N3CCN(c4ccccn4)CC3)nn2)c1. The van der Waals surface area contributed by atoms with Crippen LogP contribution in [0.5, 0.6) is 0 Å². The van der Waals surface area contributed by atoms with Crippen molar-refractivity contribution in [2.45, 2.75) is 13.5 Å². The zero-order valence-corrected chi connectivity index (χ0v) is 16.5. The zero-order chi connectivity index (χ0) is 20.1. The molecule has 1 aliphatic rings. The van der Waals surface area contributed by atoms with Crippen LogP contribution in [-0.4, -0.2) is 47.3 Å². The predicted molar refractivity (Wildman–Crippen MR) is 113 cm³/mol. The van der Waals surface area contributed by atoms with Gasteiger partial charge in [-0.25, -0.2) is 4.98 Å². The summed E-state index contributed by atoms with van der Waals surface area (Å²) in [5.74, 6) is 1.57. The second-order valence-corrected chi connectivity index (χ2v) is 7.11. The Morgan fingerprint density at radius 1 is 0.931 bits per heavy atom.